The highest BCUT2D eigenvalue weighted by Gasteiger charge is 2.24. The van der Waals surface area contributed by atoms with Crippen molar-refractivity contribution in [1.82, 2.24) is 13.7 Å². The van der Waals surface area contributed by atoms with E-state index in [0.29, 0.717) is 0 Å². The second kappa shape index (κ2) is 38.3. The van der Waals surface area contributed by atoms with Gasteiger partial charge in [-0.05, 0) is 288 Å². The Morgan fingerprint density at radius 3 is 0.639 bits per heavy atom. The van der Waals surface area contributed by atoms with Crippen molar-refractivity contribution in [2.24, 2.45) is 0 Å². The summed E-state index contributed by atoms with van der Waals surface area (Å²) in [5.41, 5.74) is 35.3. The van der Waals surface area contributed by atoms with E-state index in [9.17, 15) is 0 Å². The Balaban J connectivity index is 0.000000113. The Labute approximate surface area is 837 Å². The van der Waals surface area contributed by atoms with Crippen LogP contribution in [0.1, 0.15) is 0 Å². The number of aromatic nitrogens is 3. The van der Waals surface area contributed by atoms with Gasteiger partial charge in [0, 0.05) is 100 Å². The zero-order valence-electron chi connectivity index (χ0n) is 79.1. The summed E-state index contributed by atoms with van der Waals surface area (Å²) in [6.45, 7) is 0. The number of nitrogens with zero attached hydrogens (tertiary/aromatic N) is 6. The Morgan fingerprint density at radius 2 is 0.333 bits per heavy atom. The summed E-state index contributed by atoms with van der Waals surface area (Å²) in [5, 5.41) is 14.8. The van der Waals surface area contributed by atoms with Gasteiger partial charge in [0.1, 0.15) is 0 Å². The lowest BCUT2D eigenvalue weighted by Gasteiger charge is -2.27. The predicted octanol–water partition coefficient (Wildman–Crippen LogP) is 38.2. The summed E-state index contributed by atoms with van der Waals surface area (Å²) in [6, 6.07) is 210. The fourth-order valence-electron chi connectivity index (χ4n) is 21.1. The van der Waals surface area contributed by atoms with Crippen LogP contribution >= 0.6 is 0 Å². The van der Waals surface area contributed by atoms with Crippen molar-refractivity contribution < 1.29 is 0 Å². The van der Waals surface area contributed by atoms with Crippen molar-refractivity contribution in [3.63, 3.8) is 0 Å². The van der Waals surface area contributed by atoms with Crippen LogP contribution in [-0.4, -0.2) is 13.7 Å². The molecule has 27 aromatic rings. The molecule has 3 heterocycles. The van der Waals surface area contributed by atoms with Gasteiger partial charge in [-0.2, -0.15) is 0 Å². The number of benzene rings is 24. The zero-order valence-corrected chi connectivity index (χ0v) is 79.1. The zero-order chi connectivity index (χ0) is 95.6. The molecule has 0 aliphatic rings. The van der Waals surface area contributed by atoms with Gasteiger partial charge in [0.25, 0.3) is 0 Å². The molecule has 0 spiro atoms. The van der Waals surface area contributed by atoms with Crippen LogP contribution in [0.15, 0.2) is 582 Å². The maximum Gasteiger partial charge on any atom is 0.0547 e. The average Bonchev–Trinajstić information content (AvgIpc) is 1.55. The van der Waals surface area contributed by atoms with Crippen LogP contribution in [0.3, 0.4) is 0 Å². The maximum absolute atomic E-state index is 2.40. The molecular formula is C138H96N6. The first kappa shape index (κ1) is 86.4. The van der Waals surface area contributed by atoms with E-state index in [1.807, 2.05) is 0 Å². The van der Waals surface area contributed by atoms with Crippen molar-refractivity contribution in [3.05, 3.63) is 582 Å². The first-order chi connectivity index (χ1) is 71.4. The second-order valence-electron chi connectivity index (χ2n) is 36.7. The van der Waals surface area contributed by atoms with Crippen molar-refractivity contribution in [2.75, 3.05) is 14.7 Å². The van der Waals surface area contributed by atoms with Gasteiger partial charge in [-0.3, -0.25) is 0 Å². The molecule has 0 saturated carbocycles. The van der Waals surface area contributed by atoms with E-state index in [-0.39, 0.29) is 0 Å². The molecule has 3 aromatic heterocycles. The minimum absolute atomic E-state index is 1.11. The van der Waals surface area contributed by atoms with Crippen LogP contribution in [0.25, 0.3) is 182 Å². The third-order valence-electron chi connectivity index (χ3n) is 28.1. The molecule has 27 rings (SSSR count). The first-order valence-electron chi connectivity index (χ1n) is 49.3. The molecule has 0 aliphatic carbocycles. The van der Waals surface area contributed by atoms with Gasteiger partial charge in [-0.1, -0.05) is 388 Å². The van der Waals surface area contributed by atoms with Gasteiger partial charge in [-0.25, -0.2) is 0 Å². The van der Waals surface area contributed by atoms with Crippen LogP contribution in [-0.2, 0) is 0 Å². The van der Waals surface area contributed by atoms with Gasteiger partial charge in [0.15, 0.2) is 0 Å². The fourth-order valence-corrected chi connectivity index (χ4v) is 21.1. The van der Waals surface area contributed by atoms with Gasteiger partial charge in [0.2, 0.25) is 0 Å². The quantitative estimate of drug-likeness (QED) is 0.0856. The van der Waals surface area contributed by atoms with Crippen molar-refractivity contribution in [3.8, 4) is 83.8 Å². The lowest BCUT2D eigenvalue weighted by molar-refractivity contribution is 1.18. The number of anilines is 9. The van der Waals surface area contributed by atoms with Crippen molar-refractivity contribution in [2.45, 2.75) is 0 Å². The molecular weight excluding hydrogens is 1740 g/mol. The lowest BCUT2D eigenvalue weighted by Crippen LogP contribution is -2.10. The SMILES string of the molecule is c1ccc(-c2ccc(N(c3ccc(-c4ccccc4)cc3)c3ccc4cc5c(cc4c3)c3ccccc3n5-c3ccccc3)cc2)cc1.c1ccc(-c2ccc(N(c3ccc(-c4ccccc4)cc3)c3ccc4cc5c6ccccc6n(-c6ccccc6)c5cc4c3)cc2)cc1.c1ccc(-c2ccc(N(c3ccc(-c4ccccc4)cc3)c3cccc4cc5c(cc34)c3ccccc3n5-c3ccccc3)cc2)cc1. The first-order valence-corrected chi connectivity index (χ1v) is 49.3. The number of hydrogen-bond donors (Lipinski definition) is 0. The maximum atomic E-state index is 2.40. The molecule has 0 saturated heterocycles. The molecule has 0 aliphatic heterocycles. The third-order valence-corrected chi connectivity index (χ3v) is 28.1. The molecule has 6 heteroatoms. The number of hydrogen-bond acceptors (Lipinski definition) is 3. The van der Waals surface area contributed by atoms with E-state index in [1.165, 1.54) is 170 Å². The molecule has 0 N–H and O–H groups in total. The Morgan fingerprint density at radius 1 is 0.111 bits per heavy atom. The number of para-hydroxylation sites is 6. The van der Waals surface area contributed by atoms with Crippen LogP contribution in [0, 0.1) is 0 Å². The molecule has 0 amide bonds. The molecule has 6 nitrogen and oxygen atoms in total. The van der Waals surface area contributed by atoms with Crippen LogP contribution in [0.5, 0.6) is 0 Å². The van der Waals surface area contributed by atoms with E-state index in [1.54, 1.807) is 0 Å². The summed E-state index contributed by atoms with van der Waals surface area (Å²) in [4.78, 5) is 7.12. The molecule has 0 unspecified atom stereocenters. The summed E-state index contributed by atoms with van der Waals surface area (Å²) in [6.07, 6.45) is 0. The third kappa shape index (κ3) is 16.8. The highest BCUT2D eigenvalue weighted by molar-refractivity contribution is 6.18. The van der Waals surface area contributed by atoms with Crippen molar-refractivity contribution >= 4 is 149 Å². The topological polar surface area (TPSA) is 24.5 Å². The summed E-state index contributed by atoms with van der Waals surface area (Å²) in [7, 11) is 0. The Hall–Kier alpha value is -19.1. The smallest absolute Gasteiger partial charge is 0.0547 e. The lowest BCUT2D eigenvalue weighted by atomic mass is 10.0. The number of rotatable bonds is 18. The van der Waals surface area contributed by atoms with Crippen LogP contribution in [0.4, 0.5) is 51.2 Å². The van der Waals surface area contributed by atoms with E-state index in [0.717, 1.165) is 62.6 Å². The monoisotopic (exact) mass is 1840 g/mol. The van der Waals surface area contributed by atoms with Gasteiger partial charge < -0.3 is 28.4 Å². The highest BCUT2D eigenvalue weighted by atomic mass is 15.2. The molecule has 0 bridgehead atoms. The molecule has 144 heavy (non-hydrogen) atoms. The summed E-state index contributed by atoms with van der Waals surface area (Å²) in [5.74, 6) is 0. The van der Waals surface area contributed by atoms with E-state index >= 15 is 0 Å². The summed E-state index contributed by atoms with van der Waals surface area (Å²) >= 11 is 0. The Bertz CT molecular complexity index is 8960. The standard InChI is InChI=1S/3C46H32N2/c1-4-13-33(14-5-1)35-23-27-39(28-24-35)47(40-29-25-36(26-30-40)34-15-6-2-7-16-34)45-22-12-17-37-31-46-43(32-42(37)45)41-20-10-11-21-44(41)48(46)38-18-8-3-9-19-38;1-4-12-33(13-5-1)35-20-25-40(26-21-35)47(41-27-22-36(23-28-41)34-14-6-2-7-15-34)42-29-24-37-32-46-44(31-38(37)30-42)43-18-10-11-19-45(43)48(46)39-16-8-3-9-17-39;1-4-12-33(13-5-1)35-20-25-40(26-21-35)47(41-27-22-36(23-28-41)34-14-6-2-7-15-34)42-29-24-37-31-44-43-18-10-11-19-45(43)48(39-16-8-3-9-17-39)46(44)32-38(37)30-42/h3*1-32H. The molecule has 678 valence electrons. The molecule has 0 atom stereocenters. The fraction of sp³-hybridized carbons (Fsp3) is 0. The predicted molar refractivity (Wildman–Crippen MR) is 612 cm³/mol. The van der Waals surface area contributed by atoms with E-state index in [4.69, 9.17) is 0 Å². The van der Waals surface area contributed by atoms with Gasteiger partial charge in [0.05, 0.1) is 38.8 Å². The number of fused-ring (bicyclic) bond motifs is 12. The van der Waals surface area contributed by atoms with Crippen LogP contribution < -0.4 is 14.7 Å². The second-order valence-corrected chi connectivity index (χ2v) is 36.7. The molecule has 0 fully saturated rings. The molecule has 24 aromatic carbocycles. The minimum Gasteiger partial charge on any atom is -0.310 e. The minimum atomic E-state index is 1.11. The normalized spacial score (nSPS) is 11.3. The average molecular weight is 1840 g/mol. The molecule has 0 radical (unpaired) electrons. The van der Waals surface area contributed by atoms with E-state index in [2.05, 4.69) is 611 Å². The Kier molecular flexibility index (Phi) is 23.0. The van der Waals surface area contributed by atoms with E-state index < -0.39 is 0 Å². The van der Waals surface area contributed by atoms with Crippen molar-refractivity contribution in [1.29, 1.82) is 0 Å². The van der Waals surface area contributed by atoms with Gasteiger partial charge >= 0.3 is 0 Å². The summed E-state index contributed by atoms with van der Waals surface area (Å²) < 4.78 is 7.16. The highest BCUT2D eigenvalue weighted by Crippen LogP contribution is 2.48. The van der Waals surface area contributed by atoms with Gasteiger partial charge in [-0.15, -0.1) is 0 Å². The largest absolute Gasteiger partial charge is 0.310 e. The van der Waals surface area contributed by atoms with Crippen LogP contribution in [0.2, 0.25) is 0 Å².